The van der Waals surface area contributed by atoms with Gasteiger partial charge in [0.15, 0.2) is 11.5 Å². The molecule has 0 N–H and O–H groups in total. The van der Waals surface area contributed by atoms with Gasteiger partial charge in [0.2, 0.25) is 0 Å². The maximum absolute atomic E-state index is 11.7. The van der Waals surface area contributed by atoms with Gasteiger partial charge in [0.25, 0.3) is 0 Å². The van der Waals surface area contributed by atoms with E-state index < -0.39 is 5.97 Å². The van der Waals surface area contributed by atoms with Gasteiger partial charge in [0.1, 0.15) is 5.69 Å². The molecule has 0 atom stereocenters. The topological polar surface area (TPSA) is 69.4 Å². The Morgan fingerprint density at radius 2 is 2.10 bits per heavy atom. The van der Waals surface area contributed by atoms with Gasteiger partial charge in [-0.3, -0.25) is 9.38 Å². The third-order valence-corrected chi connectivity index (χ3v) is 3.34. The summed E-state index contributed by atoms with van der Waals surface area (Å²) in [5.41, 5.74) is 1.28. The molecule has 0 aromatic carbocycles. The minimum absolute atomic E-state index is 0.296. The van der Waals surface area contributed by atoms with Gasteiger partial charge in [-0.1, -0.05) is 23.2 Å². The number of carbonyl (C=O) groups excluding carboxylic acids is 1. The Labute approximate surface area is 129 Å². The normalized spacial score (nSPS) is 10.8. The van der Waals surface area contributed by atoms with Crippen LogP contribution in [0.4, 0.5) is 0 Å². The minimum atomic E-state index is -0.498. The third kappa shape index (κ3) is 2.43. The predicted molar refractivity (Wildman–Crippen MR) is 77.6 cm³/mol. The first-order valence-electron chi connectivity index (χ1n) is 5.84. The zero-order valence-corrected chi connectivity index (χ0v) is 12.3. The summed E-state index contributed by atoms with van der Waals surface area (Å²) in [5.74, 6) is -0.0446. The second kappa shape index (κ2) is 5.31. The smallest absolute Gasteiger partial charge is 0.339 e. The van der Waals surface area contributed by atoms with E-state index in [1.54, 1.807) is 22.7 Å². The van der Waals surface area contributed by atoms with Crippen molar-refractivity contribution in [1.29, 1.82) is 0 Å². The SMILES string of the molecule is COC(=O)c1cc(Cl)c2nnc(-c3ccc(Cl)cn3)n2c1. The molecule has 0 aliphatic heterocycles. The molecular formula is C13H8Cl2N4O2. The fraction of sp³-hybridized carbons (Fsp3) is 0.0769. The largest absolute Gasteiger partial charge is 0.465 e. The monoisotopic (exact) mass is 322 g/mol. The molecule has 0 amide bonds. The summed E-state index contributed by atoms with van der Waals surface area (Å²) in [4.78, 5) is 15.8. The first-order valence-corrected chi connectivity index (χ1v) is 6.60. The number of esters is 1. The molecule has 0 unspecified atom stereocenters. The van der Waals surface area contributed by atoms with Gasteiger partial charge in [-0.25, -0.2) is 4.79 Å². The molecule has 0 spiro atoms. The first-order chi connectivity index (χ1) is 10.1. The summed E-state index contributed by atoms with van der Waals surface area (Å²) in [6.45, 7) is 0. The number of hydrogen-bond acceptors (Lipinski definition) is 5. The zero-order chi connectivity index (χ0) is 15.0. The Morgan fingerprint density at radius 3 is 2.76 bits per heavy atom. The lowest BCUT2D eigenvalue weighted by molar-refractivity contribution is 0.0600. The van der Waals surface area contributed by atoms with Crippen LogP contribution in [0.25, 0.3) is 17.2 Å². The number of rotatable bonds is 2. The molecule has 0 fully saturated rings. The number of pyridine rings is 2. The minimum Gasteiger partial charge on any atom is -0.465 e. The molecule has 21 heavy (non-hydrogen) atoms. The highest BCUT2D eigenvalue weighted by atomic mass is 35.5. The Balaban J connectivity index is 2.22. The van der Waals surface area contributed by atoms with Crippen LogP contribution in [0.1, 0.15) is 10.4 Å². The molecule has 3 aromatic heterocycles. The number of nitrogens with zero attached hydrogens (tertiary/aromatic N) is 4. The molecule has 0 aliphatic rings. The van der Waals surface area contributed by atoms with Gasteiger partial charge >= 0.3 is 5.97 Å². The maximum Gasteiger partial charge on any atom is 0.339 e. The Hall–Kier alpha value is -2.18. The van der Waals surface area contributed by atoms with Gasteiger partial charge < -0.3 is 4.74 Å². The molecular weight excluding hydrogens is 315 g/mol. The van der Waals surface area contributed by atoms with Crippen molar-refractivity contribution in [2.75, 3.05) is 7.11 Å². The second-order valence-corrected chi connectivity index (χ2v) is 4.99. The Morgan fingerprint density at radius 1 is 1.29 bits per heavy atom. The van der Waals surface area contributed by atoms with E-state index in [2.05, 4.69) is 15.2 Å². The van der Waals surface area contributed by atoms with Gasteiger partial charge in [0.05, 0.1) is 22.7 Å². The first kappa shape index (κ1) is 13.8. The van der Waals surface area contributed by atoms with E-state index in [9.17, 15) is 4.79 Å². The quantitative estimate of drug-likeness (QED) is 0.678. The Bertz CT molecular complexity index is 830. The van der Waals surface area contributed by atoms with Crippen LogP contribution < -0.4 is 0 Å². The van der Waals surface area contributed by atoms with E-state index in [0.717, 1.165) is 0 Å². The Kier molecular flexibility index (Phi) is 3.48. The highest BCUT2D eigenvalue weighted by molar-refractivity contribution is 6.33. The van der Waals surface area contributed by atoms with Crippen molar-refractivity contribution in [3.63, 3.8) is 0 Å². The van der Waals surface area contributed by atoms with Gasteiger partial charge in [-0.2, -0.15) is 0 Å². The number of halogens is 2. The van der Waals surface area contributed by atoms with Gasteiger partial charge in [-0.15, -0.1) is 10.2 Å². The molecule has 106 valence electrons. The summed E-state index contributed by atoms with van der Waals surface area (Å²) < 4.78 is 6.28. The fourth-order valence-corrected chi connectivity index (χ4v) is 2.22. The van der Waals surface area contributed by atoms with Crippen molar-refractivity contribution in [1.82, 2.24) is 19.6 Å². The average molecular weight is 323 g/mol. The number of methoxy groups -OCH3 is 1. The highest BCUT2D eigenvalue weighted by Crippen LogP contribution is 2.23. The summed E-state index contributed by atoms with van der Waals surface area (Å²) in [7, 11) is 1.30. The molecule has 6 nitrogen and oxygen atoms in total. The van der Waals surface area contributed by atoms with E-state index in [1.807, 2.05) is 0 Å². The van der Waals surface area contributed by atoms with E-state index >= 15 is 0 Å². The molecule has 0 saturated heterocycles. The van der Waals surface area contributed by atoms with Crippen LogP contribution in [0, 0.1) is 0 Å². The number of carbonyl (C=O) groups is 1. The molecule has 8 heteroatoms. The van der Waals surface area contributed by atoms with Gasteiger partial charge in [0, 0.05) is 12.4 Å². The molecule has 0 bridgehead atoms. The summed E-state index contributed by atoms with van der Waals surface area (Å²) in [6.07, 6.45) is 3.06. The van der Waals surface area contributed by atoms with Crippen molar-refractivity contribution in [3.8, 4) is 11.5 Å². The zero-order valence-electron chi connectivity index (χ0n) is 10.7. The highest BCUT2D eigenvalue weighted by Gasteiger charge is 2.16. The van der Waals surface area contributed by atoms with E-state index in [-0.39, 0.29) is 0 Å². The van der Waals surface area contributed by atoms with Crippen molar-refractivity contribution >= 4 is 34.8 Å². The lowest BCUT2D eigenvalue weighted by atomic mass is 10.2. The van der Waals surface area contributed by atoms with Crippen LogP contribution in [-0.2, 0) is 4.74 Å². The summed E-state index contributed by atoms with van der Waals surface area (Å²) >= 11 is 11.9. The van der Waals surface area contributed by atoms with Crippen LogP contribution in [-0.4, -0.2) is 32.7 Å². The van der Waals surface area contributed by atoms with Crippen LogP contribution in [0.2, 0.25) is 10.0 Å². The van der Waals surface area contributed by atoms with E-state index in [1.165, 1.54) is 19.4 Å². The van der Waals surface area contributed by atoms with E-state index in [4.69, 9.17) is 27.9 Å². The maximum atomic E-state index is 11.7. The summed E-state index contributed by atoms with van der Waals surface area (Å²) in [6, 6.07) is 4.88. The molecule has 3 rings (SSSR count). The number of aromatic nitrogens is 4. The van der Waals surface area contributed by atoms with Crippen molar-refractivity contribution in [2.24, 2.45) is 0 Å². The number of ether oxygens (including phenoxy) is 1. The average Bonchev–Trinajstić information content (AvgIpc) is 2.91. The lowest BCUT2D eigenvalue weighted by Gasteiger charge is -2.04. The van der Waals surface area contributed by atoms with Crippen LogP contribution >= 0.6 is 23.2 Å². The van der Waals surface area contributed by atoms with E-state index in [0.29, 0.717) is 32.8 Å². The van der Waals surface area contributed by atoms with Crippen LogP contribution in [0.3, 0.4) is 0 Å². The number of fused-ring (bicyclic) bond motifs is 1. The predicted octanol–water partition coefficient (Wildman–Crippen LogP) is 2.88. The molecule has 0 saturated carbocycles. The molecule has 0 radical (unpaired) electrons. The second-order valence-electron chi connectivity index (χ2n) is 4.15. The van der Waals surface area contributed by atoms with Crippen LogP contribution in [0.15, 0.2) is 30.6 Å². The van der Waals surface area contributed by atoms with Gasteiger partial charge in [-0.05, 0) is 18.2 Å². The molecule has 0 aliphatic carbocycles. The van der Waals surface area contributed by atoms with Crippen molar-refractivity contribution in [3.05, 3.63) is 46.2 Å². The van der Waals surface area contributed by atoms with Crippen molar-refractivity contribution in [2.45, 2.75) is 0 Å². The summed E-state index contributed by atoms with van der Waals surface area (Å²) in [5, 5.41) is 8.86. The number of hydrogen-bond donors (Lipinski definition) is 0. The lowest BCUT2D eigenvalue weighted by Crippen LogP contribution is -2.04. The standard InChI is InChI=1S/C13H8Cl2N4O2/c1-21-13(20)7-4-9(15)11-17-18-12(19(11)6-7)10-3-2-8(14)5-16-10/h2-6H,1H3. The molecule has 3 heterocycles. The fourth-order valence-electron chi connectivity index (χ4n) is 1.87. The third-order valence-electron chi connectivity index (χ3n) is 2.84. The van der Waals surface area contributed by atoms with Crippen molar-refractivity contribution < 1.29 is 9.53 Å². The molecule has 3 aromatic rings. The van der Waals surface area contributed by atoms with Crippen LogP contribution in [0.5, 0.6) is 0 Å².